The molecule has 1 aromatic carbocycles. The Morgan fingerprint density at radius 3 is 3.18 bits per heavy atom. The molecule has 2 aliphatic rings. The van der Waals surface area contributed by atoms with Crippen molar-refractivity contribution in [1.29, 1.82) is 0 Å². The molecule has 0 aromatic heterocycles. The second-order valence-electron chi connectivity index (χ2n) is 3.82. The van der Waals surface area contributed by atoms with Gasteiger partial charge in [0.05, 0.1) is 0 Å². The van der Waals surface area contributed by atoms with Gasteiger partial charge in [0.25, 0.3) is 0 Å². The Labute approximate surface area is 109 Å². The molecule has 2 heterocycles. The molecule has 1 N–H and O–H groups in total. The van der Waals surface area contributed by atoms with Gasteiger partial charge in [-0.05, 0) is 0 Å². The minimum atomic E-state index is -0.219. The Morgan fingerprint density at radius 2 is 2.41 bits per heavy atom. The van der Waals surface area contributed by atoms with Gasteiger partial charge in [0.1, 0.15) is 0 Å². The molecule has 0 bridgehead atoms. The van der Waals surface area contributed by atoms with Crippen molar-refractivity contribution in [2.75, 3.05) is 6.79 Å². The van der Waals surface area contributed by atoms with Gasteiger partial charge in [-0.15, -0.1) is 0 Å². The van der Waals surface area contributed by atoms with Gasteiger partial charge >= 0.3 is 109 Å². The van der Waals surface area contributed by atoms with E-state index in [1.165, 1.54) is 0 Å². The van der Waals surface area contributed by atoms with Crippen LogP contribution in [0.5, 0.6) is 17.2 Å². The van der Waals surface area contributed by atoms with E-state index >= 15 is 0 Å². The summed E-state index contributed by atoms with van der Waals surface area (Å²) in [5, 5.41) is 0. The van der Waals surface area contributed by atoms with Crippen molar-refractivity contribution in [2.24, 2.45) is 5.92 Å². The number of benzene rings is 1. The van der Waals surface area contributed by atoms with Crippen molar-refractivity contribution in [2.45, 2.75) is 11.0 Å². The van der Waals surface area contributed by atoms with Gasteiger partial charge < -0.3 is 0 Å². The van der Waals surface area contributed by atoms with Crippen LogP contribution in [0, 0.1) is 5.92 Å². The van der Waals surface area contributed by atoms with E-state index in [4.69, 9.17) is 14.2 Å². The fraction of sp³-hybridized carbons (Fsp3) is 0.364. The van der Waals surface area contributed by atoms with Crippen LogP contribution in [0.4, 0.5) is 0 Å². The van der Waals surface area contributed by atoms with Gasteiger partial charge in [-0.2, -0.15) is 0 Å². The molecule has 1 fully saturated rings. The second kappa shape index (κ2) is 4.34. The van der Waals surface area contributed by atoms with E-state index < -0.39 is 0 Å². The number of esters is 1. The standard InChI is InChI=1S/C11H11INO4/c1-6(10-12-13-10)11(14)17-8-4-2-3-7-9(8)16-5-15-7/h2-4,6,10,13H,5H2,1H3/q-1. The Kier molecular flexibility index (Phi) is 2.83. The summed E-state index contributed by atoms with van der Waals surface area (Å²) in [7, 11) is 0. The van der Waals surface area contributed by atoms with Crippen LogP contribution in [0.1, 0.15) is 6.92 Å². The van der Waals surface area contributed by atoms with Crippen molar-refractivity contribution < 1.29 is 40.5 Å². The van der Waals surface area contributed by atoms with E-state index in [-0.39, 0.29) is 40.2 Å². The third-order valence-electron chi connectivity index (χ3n) is 2.62. The predicted octanol–water partition coefficient (Wildman–Crippen LogP) is -2.11. The normalized spacial score (nSPS) is 22.5. The molecular weight excluding hydrogens is 337 g/mol. The molecule has 0 radical (unpaired) electrons. The van der Waals surface area contributed by atoms with E-state index in [1.807, 2.05) is 6.92 Å². The van der Waals surface area contributed by atoms with Gasteiger partial charge in [-0.3, -0.25) is 0 Å². The van der Waals surface area contributed by atoms with Crippen LogP contribution in [0.2, 0.25) is 0 Å². The molecule has 2 aliphatic heterocycles. The molecule has 17 heavy (non-hydrogen) atoms. The molecular formula is C11H11INO4-. The Balaban J connectivity index is 1.76. The average molecular weight is 348 g/mol. The van der Waals surface area contributed by atoms with Crippen LogP contribution in [0.25, 0.3) is 0 Å². The third-order valence-corrected chi connectivity index (χ3v) is 5.04. The molecule has 6 heteroatoms. The number of ether oxygens (including phenoxy) is 3. The topological polar surface area (TPSA) is 66.7 Å². The van der Waals surface area contributed by atoms with Crippen LogP contribution >= 0.6 is 0 Å². The third kappa shape index (κ3) is 2.19. The summed E-state index contributed by atoms with van der Waals surface area (Å²) in [6, 6.07) is 5.29. The first-order valence-electron chi connectivity index (χ1n) is 5.24. The van der Waals surface area contributed by atoms with Crippen LogP contribution in [0.15, 0.2) is 18.2 Å². The summed E-state index contributed by atoms with van der Waals surface area (Å²) < 4.78 is 19.4. The van der Waals surface area contributed by atoms with Crippen molar-refractivity contribution in [3.05, 3.63) is 18.2 Å². The summed E-state index contributed by atoms with van der Waals surface area (Å²) in [6.07, 6.45) is 0. The maximum absolute atomic E-state index is 11.9. The van der Waals surface area contributed by atoms with E-state index in [0.29, 0.717) is 21.3 Å². The molecule has 92 valence electrons. The zero-order chi connectivity index (χ0) is 11.8. The second-order valence-corrected chi connectivity index (χ2v) is 6.41. The molecule has 0 spiro atoms. The number of hydrogen-bond acceptors (Lipinski definition) is 5. The number of carbonyl (C=O) groups is 1. The monoisotopic (exact) mass is 348 g/mol. The molecule has 5 nitrogen and oxygen atoms in total. The molecule has 3 rings (SSSR count). The van der Waals surface area contributed by atoms with Gasteiger partial charge in [-0.25, -0.2) is 0 Å². The first-order valence-corrected chi connectivity index (χ1v) is 7.56. The number of hydrogen-bond donors (Lipinski definition) is 1. The molecule has 2 atom stereocenters. The Bertz CT molecular complexity index is 461. The fourth-order valence-electron chi connectivity index (χ4n) is 1.53. The van der Waals surface area contributed by atoms with E-state index in [9.17, 15) is 4.79 Å². The number of carbonyl (C=O) groups excluding carboxylic acids is 1. The first kappa shape index (κ1) is 11.1. The van der Waals surface area contributed by atoms with Crippen molar-refractivity contribution in [3.8, 4) is 17.2 Å². The SMILES string of the molecule is CC(C(=O)Oc1cccc2c1OCO2)C1N[I-]1. The van der Waals surface area contributed by atoms with Crippen LogP contribution in [-0.4, -0.2) is 16.8 Å². The number of rotatable bonds is 3. The number of alkyl halides is 1. The minimum absolute atomic E-state index is 0.0116. The van der Waals surface area contributed by atoms with Gasteiger partial charge in [-0.1, -0.05) is 0 Å². The van der Waals surface area contributed by atoms with Gasteiger partial charge in [0.15, 0.2) is 0 Å². The van der Waals surface area contributed by atoms with Crippen molar-refractivity contribution in [3.63, 3.8) is 0 Å². The zero-order valence-electron chi connectivity index (χ0n) is 9.10. The van der Waals surface area contributed by atoms with Gasteiger partial charge in [0.2, 0.25) is 0 Å². The van der Waals surface area contributed by atoms with Crippen LogP contribution < -0.4 is 39.2 Å². The quantitative estimate of drug-likeness (QED) is 0.129. The molecule has 1 saturated heterocycles. The zero-order valence-corrected chi connectivity index (χ0v) is 11.3. The summed E-state index contributed by atoms with van der Waals surface area (Å²) in [5.41, 5.74) is 0. The summed E-state index contributed by atoms with van der Waals surface area (Å²) in [5.74, 6) is 1.27. The Hall–Kier alpha value is -1.02. The molecule has 1 aromatic rings. The number of nitrogens with one attached hydrogen (secondary N) is 1. The van der Waals surface area contributed by atoms with Gasteiger partial charge in [0, 0.05) is 0 Å². The summed E-state index contributed by atoms with van der Waals surface area (Å²) in [6.45, 7) is 2.06. The fourth-order valence-corrected chi connectivity index (χ4v) is 3.11. The number of fused-ring (bicyclic) bond motifs is 1. The predicted molar refractivity (Wildman–Crippen MR) is 54.3 cm³/mol. The van der Waals surface area contributed by atoms with Crippen LogP contribution in [-0.2, 0) is 4.79 Å². The number of para-hydroxylation sites is 1. The molecule has 0 amide bonds. The number of halogens is 1. The van der Waals surface area contributed by atoms with Crippen molar-refractivity contribution >= 4 is 5.97 Å². The molecule has 0 saturated carbocycles. The van der Waals surface area contributed by atoms with E-state index in [2.05, 4.69) is 3.53 Å². The summed E-state index contributed by atoms with van der Waals surface area (Å²) >= 11 is 0.0116. The summed E-state index contributed by atoms with van der Waals surface area (Å²) in [4.78, 5) is 11.9. The first-order chi connectivity index (χ1) is 8.25. The van der Waals surface area contributed by atoms with E-state index in [1.54, 1.807) is 18.2 Å². The van der Waals surface area contributed by atoms with Crippen LogP contribution in [0.3, 0.4) is 0 Å². The molecule has 2 unspecified atom stereocenters. The molecule has 0 aliphatic carbocycles. The Morgan fingerprint density at radius 1 is 1.59 bits per heavy atom. The van der Waals surface area contributed by atoms with Crippen molar-refractivity contribution in [1.82, 2.24) is 3.53 Å². The van der Waals surface area contributed by atoms with E-state index in [0.717, 1.165) is 0 Å². The maximum atomic E-state index is 11.9. The average Bonchev–Trinajstić information content (AvgIpc) is 3.06.